The molecule has 0 aliphatic carbocycles. The number of furan rings is 1. The summed E-state index contributed by atoms with van der Waals surface area (Å²) in [4.78, 5) is 24.2. The number of aryl methyl sites for hydroxylation is 1. The third kappa shape index (κ3) is 4.94. The Hall–Kier alpha value is -4.52. The number of anilines is 1. The van der Waals surface area contributed by atoms with Crippen LogP contribution in [0, 0.1) is 6.92 Å². The second-order valence-corrected chi connectivity index (χ2v) is 7.50. The number of carbonyl (C=O) groups excluding carboxylic acids is 1. The first kappa shape index (κ1) is 22.7. The van der Waals surface area contributed by atoms with E-state index in [4.69, 9.17) is 19.0 Å². The minimum Gasteiger partial charge on any atom is -0.497 e. The molecule has 0 saturated heterocycles. The molecule has 1 amide bonds. The lowest BCUT2D eigenvalue weighted by atomic mass is 9.96. The van der Waals surface area contributed by atoms with Crippen molar-refractivity contribution >= 4 is 17.6 Å². The molecule has 3 aromatic carbocycles. The molecule has 7 heteroatoms. The summed E-state index contributed by atoms with van der Waals surface area (Å²) in [5.74, 6) is 0.664. The van der Waals surface area contributed by atoms with E-state index >= 15 is 0 Å². The molecule has 1 heterocycles. The van der Waals surface area contributed by atoms with Gasteiger partial charge < -0.3 is 24.3 Å². The Labute approximate surface area is 196 Å². The van der Waals surface area contributed by atoms with E-state index in [1.54, 1.807) is 38.3 Å². The first-order valence-electron chi connectivity index (χ1n) is 10.6. The smallest absolute Gasteiger partial charge is 0.341 e. The Morgan fingerprint density at radius 1 is 0.912 bits per heavy atom. The predicted octanol–water partition coefficient (Wildman–Crippen LogP) is 5.65. The van der Waals surface area contributed by atoms with Crippen molar-refractivity contribution in [2.45, 2.75) is 6.92 Å². The van der Waals surface area contributed by atoms with Crippen LogP contribution in [0.5, 0.6) is 11.5 Å². The number of hydrogen-bond acceptors (Lipinski definition) is 5. The zero-order valence-electron chi connectivity index (χ0n) is 18.7. The molecule has 0 saturated carbocycles. The molecule has 0 radical (unpaired) electrons. The van der Waals surface area contributed by atoms with Gasteiger partial charge in [0, 0.05) is 22.9 Å². The standard InChI is InChI=1S/C27H23NO6/c1-17-24(27(31)28-20-9-6-10-22(15-20)33-16-23(29)30)25(18-11-13-21(32-2)14-12-18)26(34-17)19-7-4-3-5-8-19/h3-15H,16H2,1-2H3,(H,28,31)(H,29,30). The zero-order valence-corrected chi connectivity index (χ0v) is 18.7. The molecule has 0 aliphatic heterocycles. The van der Waals surface area contributed by atoms with Crippen LogP contribution in [0.3, 0.4) is 0 Å². The van der Waals surface area contributed by atoms with Crippen molar-refractivity contribution in [2.75, 3.05) is 19.0 Å². The van der Waals surface area contributed by atoms with Crippen molar-refractivity contribution in [1.82, 2.24) is 0 Å². The van der Waals surface area contributed by atoms with Crippen molar-refractivity contribution < 1.29 is 28.6 Å². The van der Waals surface area contributed by atoms with Crippen molar-refractivity contribution in [3.05, 3.63) is 90.2 Å². The topological polar surface area (TPSA) is 98.0 Å². The SMILES string of the molecule is COc1ccc(-c2c(-c3ccccc3)oc(C)c2C(=O)Nc2cccc(OCC(=O)O)c2)cc1. The predicted molar refractivity (Wildman–Crippen MR) is 128 cm³/mol. The van der Waals surface area contributed by atoms with E-state index in [1.165, 1.54) is 0 Å². The quantitative estimate of drug-likeness (QED) is 0.355. The highest BCUT2D eigenvalue weighted by atomic mass is 16.5. The Balaban J connectivity index is 1.74. The second kappa shape index (κ2) is 9.95. The van der Waals surface area contributed by atoms with Gasteiger partial charge in [-0.3, -0.25) is 4.79 Å². The van der Waals surface area contributed by atoms with E-state index in [2.05, 4.69) is 5.32 Å². The summed E-state index contributed by atoms with van der Waals surface area (Å²) in [6.07, 6.45) is 0. The van der Waals surface area contributed by atoms with Gasteiger partial charge in [-0.15, -0.1) is 0 Å². The Morgan fingerprint density at radius 3 is 2.32 bits per heavy atom. The van der Waals surface area contributed by atoms with Gasteiger partial charge in [0.15, 0.2) is 6.61 Å². The molecular weight excluding hydrogens is 434 g/mol. The summed E-state index contributed by atoms with van der Waals surface area (Å²) in [5, 5.41) is 11.7. The first-order valence-corrected chi connectivity index (χ1v) is 10.6. The number of aliphatic carboxylic acids is 1. The van der Waals surface area contributed by atoms with Crippen molar-refractivity contribution in [2.24, 2.45) is 0 Å². The molecule has 0 atom stereocenters. The molecule has 0 aliphatic rings. The number of rotatable bonds is 8. The lowest BCUT2D eigenvalue weighted by molar-refractivity contribution is -0.139. The summed E-state index contributed by atoms with van der Waals surface area (Å²) in [7, 11) is 1.60. The van der Waals surface area contributed by atoms with E-state index in [0.29, 0.717) is 39.8 Å². The summed E-state index contributed by atoms with van der Waals surface area (Å²) < 4.78 is 16.6. The molecule has 0 unspecified atom stereocenters. The largest absolute Gasteiger partial charge is 0.497 e. The minimum atomic E-state index is -1.08. The lowest BCUT2D eigenvalue weighted by Gasteiger charge is -2.10. The number of ether oxygens (including phenoxy) is 2. The number of carboxylic acids is 1. The van der Waals surface area contributed by atoms with Crippen LogP contribution in [0.4, 0.5) is 5.69 Å². The summed E-state index contributed by atoms with van der Waals surface area (Å²) >= 11 is 0. The van der Waals surface area contributed by atoms with Crippen molar-refractivity contribution in [3.63, 3.8) is 0 Å². The van der Waals surface area contributed by atoms with E-state index in [0.717, 1.165) is 11.1 Å². The number of carbonyl (C=O) groups is 2. The lowest BCUT2D eigenvalue weighted by Crippen LogP contribution is -2.14. The van der Waals surface area contributed by atoms with Gasteiger partial charge in [-0.2, -0.15) is 0 Å². The Morgan fingerprint density at radius 2 is 1.65 bits per heavy atom. The maximum absolute atomic E-state index is 13.4. The maximum atomic E-state index is 13.4. The van der Waals surface area contributed by atoms with Crippen molar-refractivity contribution in [3.8, 4) is 33.9 Å². The fourth-order valence-electron chi connectivity index (χ4n) is 3.65. The van der Waals surface area contributed by atoms with Crippen LogP contribution in [0.1, 0.15) is 16.1 Å². The number of carboxylic acid groups (broad SMARTS) is 1. The maximum Gasteiger partial charge on any atom is 0.341 e. The average molecular weight is 457 g/mol. The Kier molecular flexibility index (Phi) is 6.64. The van der Waals surface area contributed by atoms with E-state index in [-0.39, 0.29) is 5.91 Å². The second-order valence-electron chi connectivity index (χ2n) is 7.50. The van der Waals surface area contributed by atoms with E-state index < -0.39 is 12.6 Å². The van der Waals surface area contributed by atoms with Crippen LogP contribution >= 0.6 is 0 Å². The van der Waals surface area contributed by atoms with Crippen LogP contribution in [0.15, 0.2) is 83.3 Å². The number of methoxy groups -OCH3 is 1. The van der Waals surface area contributed by atoms with Crippen LogP contribution in [0.2, 0.25) is 0 Å². The highest BCUT2D eigenvalue weighted by molar-refractivity contribution is 6.11. The highest BCUT2D eigenvalue weighted by Gasteiger charge is 2.26. The van der Waals surface area contributed by atoms with Crippen LogP contribution in [-0.4, -0.2) is 30.7 Å². The van der Waals surface area contributed by atoms with Gasteiger partial charge in [-0.1, -0.05) is 48.5 Å². The van der Waals surface area contributed by atoms with Gasteiger partial charge >= 0.3 is 5.97 Å². The molecule has 0 bridgehead atoms. The molecule has 7 nitrogen and oxygen atoms in total. The first-order chi connectivity index (χ1) is 16.5. The third-order valence-corrected chi connectivity index (χ3v) is 5.18. The number of amides is 1. The van der Waals surface area contributed by atoms with Gasteiger partial charge in [0.05, 0.1) is 12.7 Å². The molecule has 34 heavy (non-hydrogen) atoms. The van der Waals surface area contributed by atoms with Gasteiger partial charge in [0.2, 0.25) is 0 Å². The molecule has 2 N–H and O–H groups in total. The highest BCUT2D eigenvalue weighted by Crippen LogP contribution is 2.40. The van der Waals surface area contributed by atoms with Gasteiger partial charge in [0.25, 0.3) is 5.91 Å². The monoisotopic (exact) mass is 457 g/mol. The van der Waals surface area contributed by atoms with Gasteiger partial charge in [0.1, 0.15) is 23.0 Å². The molecule has 0 fully saturated rings. The third-order valence-electron chi connectivity index (χ3n) is 5.18. The van der Waals surface area contributed by atoms with Gasteiger partial charge in [-0.05, 0) is 36.8 Å². The molecule has 1 aromatic heterocycles. The normalized spacial score (nSPS) is 10.5. The van der Waals surface area contributed by atoms with E-state index in [9.17, 15) is 9.59 Å². The average Bonchev–Trinajstić information content (AvgIpc) is 3.20. The van der Waals surface area contributed by atoms with Crippen LogP contribution in [-0.2, 0) is 4.79 Å². The Bertz CT molecular complexity index is 1310. The number of benzene rings is 3. The zero-order chi connectivity index (χ0) is 24.1. The fraction of sp³-hybridized carbons (Fsp3) is 0.111. The number of nitrogens with one attached hydrogen (secondary N) is 1. The number of hydrogen-bond donors (Lipinski definition) is 2. The summed E-state index contributed by atoms with van der Waals surface area (Å²) in [6, 6.07) is 23.6. The molecule has 4 aromatic rings. The summed E-state index contributed by atoms with van der Waals surface area (Å²) in [6.45, 7) is 1.28. The molecule has 4 rings (SSSR count). The van der Waals surface area contributed by atoms with Crippen LogP contribution in [0.25, 0.3) is 22.5 Å². The van der Waals surface area contributed by atoms with Gasteiger partial charge in [-0.25, -0.2) is 4.79 Å². The van der Waals surface area contributed by atoms with Crippen molar-refractivity contribution in [1.29, 1.82) is 0 Å². The molecular formula is C27H23NO6. The minimum absolute atomic E-state index is 0.337. The summed E-state index contributed by atoms with van der Waals surface area (Å²) in [5.41, 5.74) is 3.19. The molecule has 0 spiro atoms. The van der Waals surface area contributed by atoms with Crippen LogP contribution < -0.4 is 14.8 Å². The molecule has 172 valence electrons. The fourth-order valence-corrected chi connectivity index (χ4v) is 3.65. The van der Waals surface area contributed by atoms with E-state index in [1.807, 2.05) is 54.6 Å².